The molecule has 1 aromatic heterocycles. The lowest BCUT2D eigenvalue weighted by Gasteiger charge is -2.20. The van der Waals surface area contributed by atoms with Gasteiger partial charge >= 0.3 is 0 Å². The topological polar surface area (TPSA) is 80.2 Å². The Kier molecular flexibility index (Phi) is 5.91. The number of aromatic hydroxyl groups is 1. The van der Waals surface area contributed by atoms with Crippen LogP contribution in [0.5, 0.6) is 11.6 Å². The summed E-state index contributed by atoms with van der Waals surface area (Å²) in [6.45, 7) is 0. The molecule has 32 heavy (non-hydrogen) atoms. The number of halogens is 2. The average Bonchev–Trinajstić information content (AvgIpc) is 2.96. The zero-order chi connectivity index (χ0) is 22.1. The Morgan fingerprint density at radius 3 is 2.75 bits per heavy atom. The summed E-state index contributed by atoms with van der Waals surface area (Å²) in [7, 11) is 0. The highest BCUT2D eigenvalue weighted by atomic mass is 79.9. The molecule has 2 N–H and O–H groups in total. The van der Waals surface area contributed by atoms with Crippen LogP contribution in [0.25, 0.3) is 11.3 Å². The van der Waals surface area contributed by atoms with Crippen molar-refractivity contribution >= 4 is 45.0 Å². The molecule has 3 aromatic carbocycles. The van der Waals surface area contributed by atoms with Crippen molar-refractivity contribution < 1.29 is 9.84 Å². The molecule has 5 rings (SSSR count). The number of nitrogens with zero attached hydrogens (tertiary/aromatic N) is 3. The fraction of sp³-hybridized carbons (Fsp3) is 0.0870. The van der Waals surface area contributed by atoms with Crippen molar-refractivity contribution in [2.24, 2.45) is 0 Å². The summed E-state index contributed by atoms with van der Waals surface area (Å²) in [6.07, 6.45) is -0.600. The largest absolute Gasteiger partial charge is 0.508 e. The van der Waals surface area contributed by atoms with Crippen LogP contribution in [0.3, 0.4) is 0 Å². The molecule has 160 valence electrons. The molecule has 4 aromatic rings. The van der Waals surface area contributed by atoms with E-state index in [4.69, 9.17) is 16.3 Å². The third kappa shape index (κ3) is 4.26. The van der Waals surface area contributed by atoms with Crippen molar-refractivity contribution in [1.82, 2.24) is 15.2 Å². The molecule has 2 heterocycles. The minimum atomic E-state index is -0.600. The van der Waals surface area contributed by atoms with Crippen molar-refractivity contribution in [1.29, 1.82) is 0 Å². The van der Waals surface area contributed by atoms with Gasteiger partial charge in [-0.3, -0.25) is 0 Å². The van der Waals surface area contributed by atoms with Gasteiger partial charge in [0.25, 0.3) is 0 Å². The molecule has 1 aliphatic rings. The quantitative estimate of drug-likeness (QED) is 0.295. The van der Waals surface area contributed by atoms with Crippen LogP contribution >= 0.6 is 39.3 Å². The standard InChI is InChI=1S/C23H16BrClN4O2S/c24-17-10-9-14(30)11-16(17)21-26-19-8-4-2-6-15(19)20-22(31-21)27-23(29-28-20)32-12-13-5-1-3-7-18(13)25/h1-11,21,26,30H,12H2/t21-/m1/s1. The highest BCUT2D eigenvalue weighted by molar-refractivity contribution is 9.10. The van der Waals surface area contributed by atoms with E-state index in [2.05, 4.69) is 36.4 Å². The molecule has 0 amide bonds. The third-order valence-corrected chi connectivity index (χ3v) is 6.89. The van der Waals surface area contributed by atoms with Gasteiger partial charge in [-0.15, -0.1) is 10.2 Å². The number of hydrogen-bond acceptors (Lipinski definition) is 7. The predicted octanol–water partition coefficient (Wildman–Crippen LogP) is 6.46. The van der Waals surface area contributed by atoms with Crippen molar-refractivity contribution in [3.8, 4) is 22.9 Å². The lowest BCUT2D eigenvalue weighted by atomic mass is 10.1. The normalized spacial score (nSPS) is 14.5. The molecule has 0 bridgehead atoms. The number of nitrogens with one attached hydrogen (secondary N) is 1. The number of rotatable bonds is 4. The molecular formula is C23H16BrClN4O2S. The van der Waals surface area contributed by atoms with E-state index < -0.39 is 6.23 Å². The summed E-state index contributed by atoms with van der Waals surface area (Å²) in [4.78, 5) is 4.65. The molecule has 0 spiro atoms. The minimum Gasteiger partial charge on any atom is -0.508 e. The Hall–Kier alpha value is -2.81. The summed E-state index contributed by atoms with van der Waals surface area (Å²) in [6, 6.07) is 20.5. The number of benzene rings is 3. The van der Waals surface area contributed by atoms with Crippen LogP contribution in [0, 0.1) is 0 Å². The number of aromatic nitrogens is 3. The van der Waals surface area contributed by atoms with Gasteiger partial charge in [0, 0.05) is 32.1 Å². The van der Waals surface area contributed by atoms with Crippen LogP contribution in [0.4, 0.5) is 5.69 Å². The molecule has 0 saturated heterocycles. The number of anilines is 1. The van der Waals surface area contributed by atoms with E-state index in [1.165, 1.54) is 11.8 Å². The van der Waals surface area contributed by atoms with Crippen LogP contribution in [0.15, 0.2) is 76.4 Å². The first kappa shape index (κ1) is 21.1. The second-order valence-electron chi connectivity index (χ2n) is 7.02. The van der Waals surface area contributed by atoms with Crippen LogP contribution < -0.4 is 10.1 Å². The van der Waals surface area contributed by atoms with Gasteiger partial charge in [0.05, 0.1) is 0 Å². The van der Waals surface area contributed by atoms with Gasteiger partial charge in [0.2, 0.25) is 11.0 Å². The number of ether oxygens (including phenoxy) is 1. The van der Waals surface area contributed by atoms with Crippen molar-refractivity contribution in [2.45, 2.75) is 17.1 Å². The average molecular weight is 528 g/mol. The lowest BCUT2D eigenvalue weighted by Crippen LogP contribution is -2.17. The molecule has 6 nitrogen and oxygen atoms in total. The zero-order valence-electron chi connectivity index (χ0n) is 16.5. The maximum absolute atomic E-state index is 10.0. The Bertz CT molecular complexity index is 1310. The lowest BCUT2D eigenvalue weighted by molar-refractivity contribution is 0.224. The van der Waals surface area contributed by atoms with Gasteiger partial charge in [0.15, 0.2) is 11.9 Å². The van der Waals surface area contributed by atoms with Crippen LogP contribution in [-0.4, -0.2) is 20.3 Å². The zero-order valence-corrected chi connectivity index (χ0v) is 19.7. The van der Waals surface area contributed by atoms with Gasteiger partial charge in [0.1, 0.15) is 5.75 Å². The highest BCUT2D eigenvalue weighted by Gasteiger charge is 2.27. The molecule has 0 fully saturated rings. The Morgan fingerprint density at radius 1 is 1.06 bits per heavy atom. The van der Waals surface area contributed by atoms with E-state index in [1.807, 2.05) is 48.5 Å². The van der Waals surface area contributed by atoms with E-state index in [0.717, 1.165) is 26.9 Å². The number of phenols is 1. The number of thioether (sulfide) groups is 1. The summed E-state index contributed by atoms with van der Waals surface area (Å²) in [5.74, 6) is 1.11. The van der Waals surface area contributed by atoms with Gasteiger partial charge in [-0.1, -0.05) is 75.7 Å². The van der Waals surface area contributed by atoms with E-state index in [9.17, 15) is 5.11 Å². The van der Waals surface area contributed by atoms with E-state index >= 15 is 0 Å². The molecule has 0 radical (unpaired) electrons. The monoisotopic (exact) mass is 526 g/mol. The van der Waals surface area contributed by atoms with Crippen LogP contribution in [0.1, 0.15) is 17.4 Å². The number of para-hydroxylation sites is 1. The van der Waals surface area contributed by atoms with E-state index in [0.29, 0.717) is 27.5 Å². The smallest absolute Gasteiger partial charge is 0.247 e. The maximum atomic E-state index is 10.0. The SMILES string of the molecule is Oc1ccc(Br)c([C@@H]2Nc3ccccc3-c3nnc(SCc4ccccc4Cl)nc3O2)c1. The summed E-state index contributed by atoms with van der Waals surface area (Å²) in [5, 5.41) is 23.3. The van der Waals surface area contributed by atoms with Gasteiger partial charge in [-0.2, -0.15) is 4.98 Å². The molecule has 9 heteroatoms. The fourth-order valence-corrected chi connectivity index (χ4v) is 4.86. The van der Waals surface area contributed by atoms with Crippen LogP contribution in [-0.2, 0) is 5.75 Å². The van der Waals surface area contributed by atoms with Gasteiger partial charge in [-0.05, 0) is 35.9 Å². The first-order chi connectivity index (χ1) is 15.6. The molecule has 0 unspecified atom stereocenters. The summed E-state index contributed by atoms with van der Waals surface area (Å²) in [5.41, 5.74) is 3.95. The predicted molar refractivity (Wildman–Crippen MR) is 129 cm³/mol. The van der Waals surface area contributed by atoms with Gasteiger partial charge < -0.3 is 15.2 Å². The van der Waals surface area contributed by atoms with E-state index in [-0.39, 0.29) is 5.75 Å². The molecular weight excluding hydrogens is 512 g/mol. The summed E-state index contributed by atoms with van der Waals surface area (Å²) >= 11 is 11.3. The Morgan fingerprint density at radius 2 is 1.88 bits per heavy atom. The maximum Gasteiger partial charge on any atom is 0.247 e. The van der Waals surface area contributed by atoms with Crippen molar-refractivity contribution in [2.75, 3.05) is 5.32 Å². The second-order valence-corrected chi connectivity index (χ2v) is 9.23. The second kappa shape index (κ2) is 8.97. The molecule has 0 aliphatic carbocycles. The fourth-order valence-electron chi connectivity index (χ4n) is 3.34. The van der Waals surface area contributed by atoms with E-state index in [1.54, 1.807) is 18.2 Å². The van der Waals surface area contributed by atoms with Crippen molar-refractivity contribution in [3.05, 3.63) is 87.4 Å². The third-order valence-electron chi connectivity index (χ3n) is 4.91. The molecule has 0 saturated carbocycles. The first-order valence-electron chi connectivity index (χ1n) is 9.70. The minimum absolute atomic E-state index is 0.142. The highest BCUT2D eigenvalue weighted by Crippen LogP contribution is 2.41. The van der Waals surface area contributed by atoms with Crippen LogP contribution in [0.2, 0.25) is 5.02 Å². The molecule has 1 aliphatic heterocycles. The Balaban J connectivity index is 1.52. The summed E-state index contributed by atoms with van der Waals surface area (Å²) < 4.78 is 7.07. The van der Waals surface area contributed by atoms with Gasteiger partial charge in [-0.25, -0.2) is 0 Å². The molecule has 1 atom stereocenters. The number of hydrogen-bond donors (Lipinski definition) is 2. The number of fused-ring (bicyclic) bond motifs is 3. The van der Waals surface area contributed by atoms with Crippen molar-refractivity contribution in [3.63, 3.8) is 0 Å². The Labute approximate surface area is 202 Å². The first-order valence-corrected chi connectivity index (χ1v) is 11.9. The number of phenolic OH excluding ortho intramolecular Hbond substituents is 1.